The predicted molar refractivity (Wildman–Crippen MR) is 73.5 cm³/mol. The van der Waals surface area contributed by atoms with Gasteiger partial charge in [-0.05, 0) is 25.8 Å². The van der Waals surface area contributed by atoms with Gasteiger partial charge in [0, 0.05) is 25.0 Å². The summed E-state index contributed by atoms with van der Waals surface area (Å²) in [5, 5.41) is 8.17. The first kappa shape index (κ1) is 14.5. The van der Waals surface area contributed by atoms with E-state index in [4.69, 9.17) is 11.6 Å². The maximum absolute atomic E-state index is 6.17. The molecule has 0 fully saturated rings. The minimum absolute atomic E-state index is 0.239. The molecular weight excluding hydrogens is 234 g/mol. The topological polar surface area (TPSA) is 29.9 Å². The van der Waals surface area contributed by atoms with Crippen LogP contribution in [0, 0.1) is 0 Å². The Kier molecular flexibility index (Phi) is 6.60. The molecule has 98 valence electrons. The Hall–Kier alpha value is -0.540. The van der Waals surface area contributed by atoms with Gasteiger partial charge in [0.1, 0.15) is 0 Å². The van der Waals surface area contributed by atoms with E-state index in [0.29, 0.717) is 0 Å². The van der Waals surface area contributed by atoms with Gasteiger partial charge in [-0.1, -0.05) is 20.3 Å². The summed E-state index contributed by atoms with van der Waals surface area (Å²) in [5.41, 5.74) is 2.42. The lowest BCUT2D eigenvalue weighted by atomic mass is 10.2. The number of aryl methyl sites for hydroxylation is 2. The average molecular weight is 258 g/mol. The van der Waals surface area contributed by atoms with Gasteiger partial charge in [0.2, 0.25) is 0 Å². The molecule has 1 heterocycles. The van der Waals surface area contributed by atoms with Crippen molar-refractivity contribution in [3.63, 3.8) is 0 Å². The fourth-order valence-electron chi connectivity index (χ4n) is 1.88. The van der Waals surface area contributed by atoms with Crippen LogP contribution in [0.5, 0.6) is 0 Å². The van der Waals surface area contributed by atoms with Crippen molar-refractivity contribution in [3.8, 4) is 0 Å². The van der Waals surface area contributed by atoms with Gasteiger partial charge in [0.25, 0.3) is 0 Å². The van der Waals surface area contributed by atoms with Crippen LogP contribution >= 0.6 is 11.6 Å². The maximum atomic E-state index is 6.17. The normalized spacial score (nSPS) is 12.9. The molecule has 1 aromatic rings. The zero-order valence-corrected chi connectivity index (χ0v) is 11.9. The first-order chi connectivity index (χ1) is 8.21. The number of hydrogen-bond donors (Lipinski definition) is 1. The van der Waals surface area contributed by atoms with Crippen LogP contribution in [-0.4, -0.2) is 21.7 Å². The second-order valence-electron chi connectivity index (χ2n) is 4.31. The highest BCUT2D eigenvalue weighted by Crippen LogP contribution is 2.07. The van der Waals surface area contributed by atoms with Crippen LogP contribution in [0.1, 0.15) is 45.0 Å². The van der Waals surface area contributed by atoms with E-state index < -0.39 is 0 Å². The second kappa shape index (κ2) is 7.72. The Morgan fingerprint density at radius 3 is 2.76 bits per heavy atom. The number of aromatic nitrogens is 2. The highest BCUT2D eigenvalue weighted by atomic mass is 35.5. The Labute approximate surface area is 110 Å². The third kappa shape index (κ3) is 4.68. The summed E-state index contributed by atoms with van der Waals surface area (Å²) >= 11 is 6.17. The van der Waals surface area contributed by atoms with Crippen LogP contribution in [0.2, 0.25) is 0 Å². The first-order valence-electron chi connectivity index (χ1n) is 6.61. The molecule has 1 unspecified atom stereocenters. The summed E-state index contributed by atoms with van der Waals surface area (Å²) in [5.74, 6) is 0. The second-order valence-corrected chi connectivity index (χ2v) is 4.93. The lowest BCUT2D eigenvalue weighted by Gasteiger charge is -2.10. The summed E-state index contributed by atoms with van der Waals surface area (Å²) in [7, 11) is 0. The summed E-state index contributed by atoms with van der Waals surface area (Å²) in [6, 6.07) is 2.18. The van der Waals surface area contributed by atoms with Crippen LogP contribution in [0.15, 0.2) is 6.07 Å². The van der Waals surface area contributed by atoms with Crippen LogP contribution in [-0.2, 0) is 19.5 Å². The van der Waals surface area contributed by atoms with Crippen LogP contribution in [0.4, 0.5) is 0 Å². The van der Waals surface area contributed by atoms with E-state index in [2.05, 4.69) is 41.9 Å². The monoisotopic (exact) mass is 257 g/mol. The maximum Gasteiger partial charge on any atom is 0.0625 e. The number of hydrogen-bond acceptors (Lipinski definition) is 2. The highest BCUT2D eigenvalue weighted by molar-refractivity contribution is 6.20. The zero-order valence-electron chi connectivity index (χ0n) is 11.2. The van der Waals surface area contributed by atoms with E-state index in [1.165, 1.54) is 11.4 Å². The van der Waals surface area contributed by atoms with E-state index in [1.807, 2.05) is 0 Å². The van der Waals surface area contributed by atoms with E-state index in [-0.39, 0.29) is 5.38 Å². The Morgan fingerprint density at radius 2 is 2.18 bits per heavy atom. The van der Waals surface area contributed by atoms with Gasteiger partial charge < -0.3 is 5.32 Å². The molecule has 1 aromatic heterocycles. The van der Waals surface area contributed by atoms with Gasteiger partial charge in [-0.25, -0.2) is 0 Å². The third-order valence-electron chi connectivity index (χ3n) is 2.85. The average Bonchev–Trinajstić information content (AvgIpc) is 2.72. The van der Waals surface area contributed by atoms with Crippen molar-refractivity contribution in [2.75, 3.05) is 6.54 Å². The predicted octanol–water partition coefficient (Wildman–Crippen LogP) is 2.96. The lowest BCUT2D eigenvalue weighted by Crippen LogP contribution is -2.24. The molecule has 0 saturated carbocycles. The van der Waals surface area contributed by atoms with Crippen molar-refractivity contribution in [2.24, 2.45) is 0 Å². The molecule has 3 nitrogen and oxygen atoms in total. The van der Waals surface area contributed by atoms with Gasteiger partial charge in [0.05, 0.1) is 11.4 Å². The van der Waals surface area contributed by atoms with E-state index >= 15 is 0 Å². The van der Waals surface area contributed by atoms with Gasteiger partial charge in [-0.3, -0.25) is 4.68 Å². The third-order valence-corrected chi connectivity index (χ3v) is 3.22. The molecule has 4 heteroatoms. The SMILES string of the molecule is CCCC(Cl)CNCc1cc(CC)nn1CC. The first-order valence-corrected chi connectivity index (χ1v) is 7.05. The van der Waals surface area contributed by atoms with Crippen molar-refractivity contribution < 1.29 is 0 Å². The molecule has 0 radical (unpaired) electrons. The van der Waals surface area contributed by atoms with E-state index in [1.54, 1.807) is 0 Å². The molecule has 0 aliphatic carbocycles. The van der Waals surface area contributed by atoms with Crippen LogP contribution in [0.3, 0.4) is 0 Å². The van der Waals surface area contributed by atoms with Gasteiger partial charge >= 0.3 is 0 Å². The van der Waals surface area contributed by atoms with Gasteiger partial charge in [-0.2, -0.15) is 5.10 Å². The lowest BCUT2D eigenvalue weighted by molar-refractivity contribution is 0.564. The van der Waals surface area contributed by atoms with E-state index in [0.717, 1.165) is 38.9 Å². The molecule has 1 N–H and O–H groups in total. The van der Waals surface area contributed by atoms with Crippen molar-refractivity contribution in [1.29, 1.82) is 0 Å². The quantitative estimate of drug-likeness (QED) is 0.726. The zero-order chi connectivity index (χ0) is 12.7. The molecule has 0 saturated heterocycles. The highest BCUT2D eigenvalue weighted by Gasteiger charge is 2.06. The van der Waals surface area contributed by atoms with Gasteiger partial charge in [0.15, 0.2) is 0 Å². The van der Waals surface area contributed by atoms with Crippen LogP contribution in [0.25, 0.3) is 0 Å². The number of nitrogens with one attached hydrogen (secondary N) is 1. The van der Waals surface area contributed by atoms with E-state index in [9.17, 15) is 0 Å². The molecule has 0 spiro atoms. The molecular formula is C13H24ClN3. The number of nitrogens with zero attached hydrogens (tertiary/aromatic N) is 2. The molecule has 0 aromatic carbocycles. The molecule has 0 aliphatic rings. The fourth-order valence-corrected chi connectivity index (χ4v) is 2.20. The fraction of sp³-hybridized carbons (Fsp3) is 0.769. The molecule has 0 amide bonds. The number of halogens is 1. The van der Waals surface area contributed by atoms with Crippen molar-refractivity contribution >= 4 is 11.6 Å². The Bertz CT molecular complexity index is 322. The standard InChI is InChI=1S/C13H24ClN3/c1-4-7-11(14)9-15-10-13-8-12(5-2)16-17(13)6-3/h8,11,15H,4-7,9-10H2,1-3H3. The number of alkyl halides is 1. The molecule has 0 aliphatic heterocycles. The molecule has 1 atom stereocenters. The van der Waals surface area contributed by atoms with Crippen molar-refractivity contribution in [3.05, 3.63) is 17.5 Å². The Balaban J connectivity index is 2.42. The summed E-state index contributed by atoms with van der Waals surface area (Å²) in [6.45, 7) is 9.07. The summed E-state index contributed by atoms with van der Waals surface area (Å²) in [4.78, 5) is 0. The molecule has 1 rings (SSSR count). The molecule has 0 bridgehead atoms. The van der Waals surface area contributed by atoms with Crippen molar-refractivity contribution in [1.82, 2.24) is 15.1 Å². The summed E-state index contributed by atoms with van der Waals surface area (Å²) < 4.78 is 2.06. The minimum Gasteiger partial charge on any atom is -0.310 e. The summed E-state index contributed by atoms with van der Waals surface area (Å²) in [6.07, 6.45) is 3.21. The number of rotatable bonds is 8. The molecule has 17 heavy (non-hydrogen) atoms. The smallest absolute Gasteiger partial charge is 0.0625 e. The Morgan fingerprint density at radius 1 is 1.41 bits per heavy atom. The van der Waals surface area contributed by atoms with Gasteiger partial charge in [-0.15, -0.1) is 11.6 Å². The van der Waals surface area contributed by atoms with Crippen molar-refractivity contribution in [2.45, 2.75) is 58.5 Å². The van der Waals surface area contributed by atoms with Crippen LogP contribution < -0.4 is 5.32 Å². The largest absolute Gasteiger partial charge is 0.310 e. The minimum atomic E-state index is 0.239.